The average molecular weight is 544 g/mol. The van der Waals surface area contributed by atoms with Gasteiger partial charge in [0.1, 0.15) is 4.83 Å². The van der Waals surface area contributed by atoms with E-state index < -0.39 is 0 Å². The molecular formula is C29H29N5O2S2. The molecule has 2 heterocycles. The predicted octanol–water partition coefficient (Wildman–Crippen LogP) is 8.64. The van der Waals surface area contributed by atoms with Crippen LogP contribution in [0, 0.1) is 11.3 Å². The molecule has 0 fully saturated rings. The molecule has 0 aliphatic carbocycles. The smallest absolute Gasteiger partial charge is 0.338 e. The van der Waals surface area contributed by atoms with E-state index in [1.807, 2.05) is 31.2 Å². The first-order chi connectivity index (χ1) is 18.5. The Labute approximate surface area is 230 Å². The first-order valence-corrected chi connectivity index (χ1v) is 14.2. The van der Waals surface area contributed by atoms with E-state index in [1.165, 1.54) is 28.4 Å². The number of nitriles is 1. The number of fused-ring (bicyclic) bond motifs is 1. The van der Waals surface area contributed by atoms with E-state index in [2.05, 4.69) is 52.2 Å². The van der Waals surface area contributed by atoms with Crippen LogP contribution in [0.4, 0.5) is 16.5 Å². The molecule has 38 heavy (non-hydrogen) atoms. The van der Waals surface area contributed by atoms with Crippen molar-refractivity contribution in [2.45, 2.75) is 33.6 Å². The zero-order valence-electron chi connectivity index (χ0n) is 21.7. The van der Waals surface area contributed by atoms with Crippen LogP contribution in [0.15, 0.2) is 64.8 Å². The van der Waals surface area contributed by atoms with Gasteiger partial charge >= 0.3 is 5.97 Å². The summed E-state index contributed by atoms with van der Waals surface area (Å²) < 4.78 is 6.25. The van der Waals surface area contributed by atoms with Crippen LogP contribution in [0.25, 0.3) is 21.2 Å². The number of carbonyl (C=O) groups excluding carboxylic acids is 1. The number of rotatable bonds is 11. The van der Waals surface area contributed by atoms with Gasteiger partial charge in [0, 0.05) is 23.7 Å². The third-order valence-electron chi connectivity index (χ3n) is 5.90. The maximum Gasteiger partial charge on any atom is 0.338 e. The van der Waals surface area contributed by atoms with Gasteiger partial charge in [-0.3, -0.25) is 0 Å². The molecule has 0 spiro atoms. The Balaban J connectivity index is 1.44. The highest BCUT2D eigenvalue weighted by molar-refractivity contribution is 7.29. The fourth-order valence-corrected chi connectivity index (χ4v) is 5.76. The van der Waals surface area contributed by atoms with Crippen molar-refractivity contribution in [1.82, 2.24) is 4.98 Å². The number of ether oxygens (including phenoxy) is 1. The Morgan fingerprint density at radius 3 is 2.37 bits per heavy atom. The fraction of sp³-hybridized carbons (Fsp3) is 0.276. The molecule has 0 N–H and O–H groups in total. The molecule has 0 amide bonds. The van der Waals surface area contributed by atoms with Crippen LogP contribution in [0.5, 0.6) is 0 Å². The van der Waals surface area contributed by atoms with E-state index >= 15 is 0 Å². The monoisotopic (exact) mass is 543 g/mol. The minimum Gasteiger partial charge on any atom is -0.462 e. The van der Waals surface area contributed by atoms with Gasteiger partial charge in [-0.15, -0.1) is 21.6 Å². The van der Waals surface area contributed by atoms with Crippen molar-refractivity contribution in [1.29, 1.82) is 5.26 Å². The van der Waals surface area contributed by atoms with Crippen molar-refractivity contribution in [2.75, 3.05) is 24.6 Å². The third-order valence-corrected chi connectivity index (χ3v) is 7.89. The summed E-state index contributed by atoms with van der Waals surface area (Å²) in [6.45, 7) is 8.66. The molecule has 0 bridgehead atoms. The summed E-state index contributed by atoms with van der Waals surface area (Å²) in [5, 5.41) is 19.0. The molecule has 0 unspecified atom stereocenters. The zero-order chi connectivity index (χ0) is 26.9. The number of unbranched alkanes of at least 4 members (excludes halogenated alkanes) is 1. The highest BCUT2D eigenvalue weighted by atomic mass is 32.1. The van der Waals surface area contributed by atoms with Gasteiger partial charge in [0.15, 0.2) is 0 Å². The summed E-state index contributed by atoms with van der Waals surface area (Å²) >= 11 is 2.96. The summed E-state index contributed by atoms with van der Waals surface area (Å²) in [7, 11) is 0. The number of carbonyl (C=O) groups is 1. The Morgan fingerprint density at radius 1 is 1.03 bits per heavy atom. The Hall–Kier alpha value is -3.87. The number of esters is 1. The Kier molecular flexibility index (Phi) is 9.35. The Bertz CT molecular complexity index is 1440. The molecule has 4 aromatic rings. The molecule has 4 rings (SSSR count). The SMILES string of the molecule is CCCCOC(=O)c1ccc(/C(C#N)=C/c2cc3sc(N=Nc4ccc(N(CC)CC)cc4)nc3s2)cc1. The van der Waals surface area contributed by atoms with Crippen molar-refractivity contribution in [3.8, 4) is 6.07 Å². The zero-order valence-corrected chi connectivity index (χ0v) is 23.3. The molecular weight excluding hydrogens is 514 g/mol. The summed E-state index contributed by atoms with van der Waals surface area (Å²) in [4.78, 5) is 20.8. The average Bonchev–Trinajstić information content (AvgIpc) is 3.50. The second-order valence-corrected chi connectivity index (χ2v) is 10.5. The lowest BCUT2D eigenvalue weighted by Gasteiger charge is -2.20. The molecule has 0 saturated carbocycles. The van der Waals surface area contributed by atoms with E-state index in [-0.39, 0.29) is 5.97 Å². The van der Waals surface area contributed by atoms with Crippen molar-refractivity contribution in [3.05, 3.63) is 70.6 Å². The summed E-state index contributed by atoms with van der Waals surface area (Å²) in [6, 6.07) is 19.2. The molecule has 2 aromatic heterocycles. The molecule has 0 radical (unpaired) electrons. The van der Waals surface area contributed by atoms with Crippen LogP contribution in [0.3, 0.4) is 0 Å². The van der Waals surface area contributed by atoms with Crippen LogP contribution in [0.2, 0.25) is 0 Å². The maximum absolute atomic E-state index is 12.1. The second-order valence-electron chi connectivity index (χ2n) is 8.44. The number of thiophene rings is 1. The van der Waals surface area contributed by atoms with Crippen molar-refractivity contribution in [3.63, 3.8) is 0 Å². The minimum atomic E-state index is -0.346. The molecule has 0 saturated heterocycles. The van der Waals surface area contributed by atoms with Gasteiger partial charge in [0.2, 0.25) is 5.13 Å². The van der Waals surface area contributed by atoms with E-state index in [1.54, 1.807) is 24.3 Å². The number of aromatic nitrogens is 1. The number of nitrogens with zero attached hydrogens (tertiary/aromatic N) is 5. The fourth-order valence-electron chi connectivity index (χ4n) is 3.78. The third kappa shape index (κ3) is 6.71. The van der Waals surface area contributed by atoms with Crippen molar-refractivity contribution < 1.29 is 9.53 Å². The van der Waals surface area contributed by atoms with Gasteiger partial charge in [0.05, 0.1) is 34.2 Å². The predicted molar refractivity (Wildman–Crippen MR) is 157 cm³/mol. The number of hydrogen-bond acceptors (Lipinski definition) is 9. The van der Waals surface area contributed by atoms with Gasteiger partial charge in [-0.25, -0.2) is 9.78 Å². The van der Waals surface area contributed by atoms with Crippen LogP contribution in [-0.2, 0) is 4.74 Å². The van der Waals surface area contributed by atoms with Crippen LogP contribution in [0.1, 0.15) is 54.4 Å². The highest BCUT2D eigenvalue weighted by Crippen LogP contribution is 2.36. The van der Waals surface area contributed by atoms with Gasteiger partial charge in [-0.05, 0) is 74.4 Å². The largest absolute Gasteiger partial charge is 0.462 e. The van der Waals surface area contributed by atoms with Gasteiger partial charge in [0.25, 0.3) is 0 Å². The molecule has 7 nitrogen and oxygen atoms in total. The van der Waals surface area contributed by atoms with Gasteiger partial charge in [-0.2, -0.15) is 5.26 Å². The topological polar surface area (TPSA) is 90.9 Å². The molecule has 0 aliphatic rings. The lowest BCUT2D eigenvalue weighted by atomic mass is 10.0. The lowest BCUT2D eigenvalue weighted by Crippen LogP contribution is -2.21. The second kappa shape index (κ2) is 13.1. The number of benzene rings is 2. The summed E-state index contributed by atoms with van der Waals surface area (Å²) in [5.41, 5.74) is 3.68. The molecule has 2 aromatic carbocycles. The van der Waals surface area contributed by atoms with E-state index in [9.17, 15) is 10.1 Å². The number of anilines is 1. The number of thiazole rings is 1. The van der Waals surface area contributed by atoms with Gasteiger partial charge in [-0.1, -0.05) is 36.8 Å². The standard InChI is InChI=1S/C29H29N5O2S2/c1-4-7-16-36-28(35)21-10-8-20(9-11-21)22(19-30)17-25-18-26-27(37-25)31-29(38-26)33-32-23-12-14-24(15-13-23)34(5-2)6-3/h8-15,17-18H,4-7,16H2,1-3H3/b22-17+,33-32?. The highest BCUT2D eigenvalue weighted by Gasteiger charge is 2.11. The summed E-state index contributed by atoms with van der Waals surface area (Å²) in [6.07, 6.45) is 3.65. The van der Waals surface area contributed by atoms with Crippen LogP contribution < -0.4 is 4.90 Å². The summed E-state index contributed by atoms with van der Waals surface area (Å²) in [5.74, 6) is -0.346. The molecule has 194 valence electrons. The first-order valence-electron chi connectivity index (χ1n) is 12.6. The normalized spacial score (nSPS) is 11.7. The quantitative estimate of drug-likeness (QED) is 0.0817. The van der Waals surface area contributed by atoms with E-state index in [0.717, 1.165) is 51.6 Å². The molecule has 0 aliphatic heterocycles. The number of allylic oxidation sites excluding steroid dienone is 1. The van der Waals surface area contributed by atoms with E-state index in [0.29, 0.717) is 22.9 Å². The van der Waals surface area contributed by atoms with Gasteiger partial charge < -0.3 is 9.64 Å². The Morgan fingerprint density at radius 2 is 1.74 bits per heavy atom. The number of azo groups is 1. The van der Waals surface area contributed by atoms with E-state index in [4.69, 9.17) is 4.74 Å². The molecule has 9 heteroatoms. The maximum atomic E-state index is 12.1. The minimum absolute atomic E-state index is 0.346. The van der Waals surface area contributed by atoms with Crippen molar-refractivity contribution >= 4 is 66.3 Å². The molecule has 0 atom stereocenters. The van der Waals surface area contributed by atoms with Crippen LogP contribution >= 0.6 is 22.7 Å². The van der Waals surface area contributed by atoms with Crippen molar-refractivity contribution in [2.24, 2.45) is 10.2 Å². The van der Waals surface area contributed by atoms with Crippen LogP contribution in [-0.4, -0.2) is 30.6 Å². The number of hydrogen-bond donors (Lipinski definition) is 0. The lowest BCUT2D eigenvalue weighted by molar-refractivity contribution is 0.0499. The first kappa shape index (κ1) is 27.2.